The van der Waals surface area contributed by atoms with E-state index in [9.17, 15) is 0 Å². The lowest BCUT2D eigenvalue weighted by Crippen LogP contribution is -2.28. The van der Waals surface area contributed by atoms with E-state index in [1.165, 1.54) is 17.5 Å². The van der Waals surface area contributed by atoms with Crippen molar-refractivity contribution in [3.63, 3.8) is 0 Å². The molecule has 0 radical (unpaired) electrons. The number of hydrazine groups is 1. The first kappa shape index (κ1) is 14.7. The summed E-state index contributed by atoms with van der Waals surface area (Å²) >= 11 is 0. The molecule has 20 heavy (non-hydrogen) atoms. The third-order valence-electron chi connectivity index (χ3n) is 3.54. The monoisotopic (exact) mass is 269 g/mol. The van der Waals surface area contributed by atoms with Gasteiger partial charge in [-0.15, -0.1) is 0 Å². The molecule has 1 aromatic heterocycles. The van der Waals surface area contributed by atoms with Gasteiger partial charge in [-0.1, -0.05) is 43.7 Å². The lowest BCUT2D eigenvalue weighted by molar-refractivity contribution is 0.513. The van der Waals surface area contributed by atoms with Crippen molar-refractivity contribution in [2.24, 2.45) is 5.84 Å². The molecule has 0 saturated heterocycles. The Morgan fingerprint density at radius 1 is 1.10 bits per heavy atom. The molecule has 1 unspecified atom stereocenters. The molecule has 106 valence electrons. The van der Waals surface area contributed by atoms with Crippen LogP contribution < -0.4 is 11.3 Å². The first-order chi connectivity index (χ1) is 9.83. The van der Waals surface area contributed by atoms with Crippen LogP contribution >= 0.6 is 0 Å². The Hall–Kier alpha value is -1.71. The maximum absolute atomic E-state index is 5.70. The highest BCUT2D eigenvalue weighted by atomic mass is 15.2. The number of hydrogen-bond donors (Lipinski definition) is 2. The molecule has 0 bridgehead atoms. The van der Waals surface area contributed by atoms with Crippen LogP contribution in [0.3, 0.4) is 0 Å². The smallest absolute Gasteiger partial charge is 0.0463 e. The van der Waals surface area contributed by atoms with Gasteiger partial charge in [0, 0.05) is 17.9 Å². The van der Waals surface area contributed by atoms with Crippen LogP contribution in [0.4, 0.5) is 0 Å². The Balaban J connectivity index is 1.97. The predicted molar refractivity (Wildman–Crippen MR) is 83.1 cm³/mol. The van der Waals surface area contributed by atoms with E-state index >= 15 is 0 Å². The molecular formula is C17H23N3. The fraction of sp³-hybridized carbons (Fsp3) is 0.353. The van der Waals surface area contributed by atoms with Gasteiger partial charge in [0.15, 0.2) is 0 Å². The van der Waals surface area contributed by atoms with Crippen molar-refractivity contribution in [2.45, 2.75) is 38.6 Å². The van der Waals surface area contributed by atoms with Crippen molar-refractivity contribution in [3.8, 4) is 0 Å². The van der Waals surface area contributed by atoms with Gasteiger partial charge < -0.3 is 0 Å². The summed E-state index contributed by atoms with van der Waals surface area (Å²) in [5.74, 6) is 5.70. The zero-order chi connectivity index (χ0) is 14.2. The Bertz CT molecular complexity index is 493. The van der Waals surface area contributed by atoms with Gasteiger partial charge in [-0.2, -0.15) is 0 Å². The molecule has 0 aliphatic carbocycles. The minimum atomic E-state index is 0.174. The van der Waals surface area contributed by atoms with Crippen LogP contribution in [0.2, 0.25) is 0 Å². The molecule has 2 aromatic rings. The summed E-state index contributed by atoms with van der Waals surface area (Å²) in [6, 6.07) is 14.9. The van der Waals surface area contributed by atoms with Crippen LogP contribution in [0.1, 0.15) is 42.6 Å². The minimum absolute atomic E-state index is 0.174. The molecule has 3 nitrogen and oxygen atoms in total. The lowest BCUT2D eigenvalue weighted by atomic mass is 9.99. The highest BCUT2D eigenvalue weighted by molar-refractivity contribution is 5.25. The van der Waals surface area contributed by atoms with Crippen molar-refractivity contribution in [1.82, 2.24) is 10.4 Å². The topological polar surface area (TPSA) is 50.9 Å². The van der Waals surface area contributed by atoms with Crippen molar-refractivity contribution < 1.29 is 0 Å². The molecule has 2 rings (SSSR count). The summed E-state index contributed by atoms with van der Waals surface area (Å²) in [7, 11) is 0. The van der Waals surface area contributed by atoms with E-state index in [2.05, 4.69) is 47.7 Å². The van der Waals surface area contributed by atoms with Crippen LogP contribution in [0.25, 0.3) is 0 Å². The van der Waals surface area contributed by atoms with Gasteiger partial charge in [0.05, 0.1) is 0 Å². The Labute approximate surface area is 121 Å². The molecule has 1 aromatic carbocycles. The molecule has 0 aliphatic heterocycles. The van der Waals surface area contributed by atoms with Crippen LogP contribution in [0.15, 0.2) is 48.7 Å². The minimum Gasteiger partial charge on any atom is -0.271 e. The van der Waals surface area contributed by atoms with Crippen LogP contribution in [-0.4, -0.2) is 4.98 Å². The van der Waals surface area contributed by atoms with Crippen LogP contribution in [-0.2, 0) is 12.8 Å². The quantitative estimate of drug-likeness (QED) is 0.599. The number of aromatic nitrogens is 1. The second-order valence-electron chi connectivity index (χ2n) is 5.07. The fourth-order valence-corrected chi connectivity index (χ4v) is 2.39. The molecule has 3 N–H and O–H groups in total. The van der Waals surface area contributed by atoms with Crippen molar-refractivity contribution >= 4 is 0 Å². The molecule has 0 spiro atoms. The third-order valence-corrected chi connectivity index (χ3v) is 3.54. The molecule has 0 saturated carbocycles. The van der Waals surface area contributed by atoms with Crippen molar-refractivity contribution in [2.75, 3.05) is 0 Å². The standard InChI is InChI=1S/C17H23N3/c1-2-5-14-7-9-15(10-8-14)17(20-18)12-11-16-6-3-4-13-19-16/h3-4,6-10,13,17,20H,2,5,11-12,18H2,1H3. The highest BCUT2D eigenvalue weighted by Crippen LogP contribution is 2.19. The van der Waals surface area contributed by atoms with E-state index in [1.54, 1.807) is 0 Å². The summed E-state index contributed by atoms with van der Waals surface area (Å²) in [6.07, 6.45) is 6.01. The van der Waals surface area contributed by atoms with Gasteiger partial charge in [0.1, 0.15) is 0 Å². The Morgan fingerprint density at radius 2 is 1.90 bits per heavy atom. The molecule has 0 amide bonds. The van der Waals surface area contributed by atoms with E-state index in [4.69, 9.17) is 5.84 Å². The Kier molecular flexibility index (Phi) is 5.71. The molecular weight excluding hydrogens is 246 g/mol. The second-order valence-corrected chi connectivity index (χ2v) is 5.07. The highest BCUT2D eigenvalue weighted by Gasteiger charge is 2.10. The first-order valence-corrected chi connectivity index (χ1v) is 7.28. The summed E-state index contributed by atoms with van der Waals surface area (Å²) in [4.78, 5) is 4.35. The molecule has 0 aliphatic rings. The van der Waals surface area contributed by atoms with Gasteiger partial charge in [0.25, 0.3) is 0 Å². The summed E-state index contributed by atoms with van der Waals surface area (Å²) in [5.41, 5.74) is 6.64. The van der Waals surface area contributed by atoms with E-state index < -0.39 is 0 Å². The normalized spacial score (nSPS) is 12.3. The number of benzene rings is 1. The van der Waals surface area contributed by atoms with Crippen molar-refractivity contribution in [3.05, 3.63) is 65.5 Å². The number of aryl methyl sites for hydroxylation is 2. The average Bonchev–Trinajstić information content (AvgIpc) is 2.51. The number of hydrogen-bond acceptors (Lipinski definition) is 3. The molecule has 1 heterocycles. The van der Waals surface area contributed by atoms with Crippen LogP contribution in [0.5, 0.6) is 0 Å². The van der Waals surface area contributed by atoms with Gasteiger partial charge >= 0.3 is 0 Å². The lowest BCUT2D eigenvalue weighted by Gasteiger charge is -2.16. The van der Waals surface area contributed by atoms with Gasteiger partial charge in [0.2, 0.25) is 0 Å². The van der Waals surface area contributed by atoms with E-state index in [0.717, 1.165) is 25.0 Å². The second kappa shape index (κ2) is 7.78. The summed E-state index contributed by atoms with van der Waals surface area (Å²) in [6.45, 7) is 2.20. The molecule has 1 atom stereocenters. The number of nitrogens with one attached hydrogen (secondary N) is 1. The van der Waals surface area contributed by atoms with Gasteiger partial charge in [-0.05, 0) is 42.5 Å². The van der Waals surface area contributed by atoms with Gasteiger partial charge in [-0.3, -0.25) is 16.3 Å². The zero-order valence-corrected chi connectivity index (χ0v) is 12.0. The largest absolute Gasteiger partial charge is 0.271 e. The number of rotatable bonds is 7. The Morgan fingerprint density at radius 3 is 2.50 bits per heavy atom. The molecule has 0 fully saturated rings. The number of pyridine rings is 1. The maximum atomic E-state index is 5.70. The molecule has 3 heteroatoms. The van der Waals surface area contributed by atoms with Crippen molar-refractivity contribution in [1.29, 1.82) is 0 Å². The fourth-order valence-electron chi connectivity index (χ4n) is 2.39. The average molecular weight is 269 g/mol. The first-order valence-electron chi connectivity index (χ1n) is 7.28. The third kappa shape index (κ3) is 4.15. The van der Waals surface area contributed by atoms with E-state index in [-0.39, 0.29) is 6.04 Å². The van der Waals surface area contributed by atoms with Gasteiger partial charge in [-0.25, -0.2) is 0 Å². The number of nitrogens with two attached hydrogens (primary N) is 1. The number of nitrogens with zero attached hydrogens (tertiary/aromatic N) is 1. The van der Waals surface area contributed by atoms with Crippen LogP contribution in [0, 0.1) is 0 Å². The zero-order valence-electron chi connectivity index (χ0n) is 12.0. The summed E-state index contributed by atoms with van der Waals surface area (Å²) < 4.78 is 0. The SMILES string of the molecule is CCCc1ccc(C(CCc2ccccn2)NN)cc1. The predicted octanol–water partition coefficient (Wildman–Crippen LogP) is 3.17. The maximum Gasteiger partial charge on any atom is 0.0463 e. The summed E-state index contributed by atoms with van der Waals surface area (Å²) in [5, 5.41) is 0. The van der Waals surface area contributed by atoms with E-state index in [1.807, 2.05) is 18.3 Å². The van der Waals surface area contributed by atoms with E-state index in [0.29, 0.717) is 0 Å².